The van der Waals surface area contributed by atoms with E-state index in [0.717, 1.165) is 18.6 Å². The van der Waals surface area contributed by atoms with E-state index in [1.54, 1.807) is 18.2 Å². The largest absolute Gasteiger partial charge is 0.490 e. The first-order valence-electron chi connectivity index (χ1n) is 7.42. The van der Waals surface area contributed by atoms with Crippen molar-refractivity contribution in [3.05, 3.63) is 24.3 Å². The molecule has 2 saturated carbocycles. The number of nitrogens with one attached hydrogen (secondary N) is 1. The average Bonchev–Trinajstić information content (AvgIpc) is 3.13. The third-order valence-corrected chi connectivity index (χ3v) is 4.29. The summed E-state index contributed by atoms with van der Waals surface area (Å²) < 4.78 is 5.88. The van der Waals surface area contributed by atoms with Gasteiger partial charge in [0.25, 0.3) is 0 Å². The normalized spacial score (nSPS) is 20.0. The molecule has 5 heteroatoms. The molecule has 0 heterocycles. The molecular weight excluding hydrogens is 270 g/mol. The van der Waals surface area contributed by atoms with Gasteiger partial charge in [-0.3, -0.25) is 9.59 Å². The molecule has 5 nitrogen and oxygen atoms in total. The van der Waals surface area contributed by atoms with E-state index in [-0.39, 0.29) is 6.10 Å². The highest BCUT2D eigenvalue weighted by Gasteiger charge is 2.57. The topological polar surface area (TPSA) is 75.6 Å². The molecule has 2 N–H and O–H groups in total. The Labute approximate surface area is 123 Å². The molecule has 2 aliphatic rings. The Hall–Kier alpha value is -2.04. The number of hydrogen-bond acceptors (Lipinski definition) is 3. The van der Waals surface area contributed by atoms with Crippen molar-refractivity contribution in [2.45, 2.75) is 44.6 Å². The number of hydrogen-bond donors (Lipinski definition) is 2. The summed E-state index contributed by atoms with van der Waals surface area (Å²) in [5, 5.41) is 11.8. The molecule has 2 fully saturated rings. The van der Waals surface area contributed by atoms with Gasteiger partial charge < -0.3 is 15.2 Å². The summed E-state index contributed by atoms with van der Waals surface area (Å²) in [6.45, 7) is 0. The van der Waals surface area contributed by atoms with Crippen LogP contribution in [-0.2, 0) is 9.59 Å². The van der Waals surface area contributed by atoms with Crippen molar-refractivity contribution in [1.82, 2.24) is 0 Å². The highest BCUT2D eigenvalue weighted by atomic mass is 16.5. The van der Waals surface area contributed by atoms with Crippen LogP contribution in [0.15, 0.2) is 24.3 Å². The van der Waals surface area contributed by atoms with E-state index in [4.69, 9.17) is 9.84 Å². The zero-order valence-electron chi connectivity index (χ0n) is 11.8. The van der Waals surface area contributed by atoms with Crippen LogP contribution in [0.4, 0.5) is 5.69 Å². The predicted octanol–water partition coefficient (Wildman–Crippen LogP) is 2.81. The van der Waals surface area contributed by atoms with Crippen LogP contribution in [0.1, 0.15) is 38.5 Å². The van der Waals surface area contributed by atoms with Gasteiger partial charge in [0.15, 0.2) is 0 Å². The Bertz CT molecular complexity index is 559. The van der Waals surface area contributed by atoms with Gasteiger partial charge in [0.2, 0.25) is 5.91 Å². The number of amides is 1. The fourth-order valence-corrected chi connectivity index (χ4v) is 2.76. The van der Waals surface area contributed by atoms with Crippen LogP contribution in [0, 0.1) is 5.41 Å². The molecule has 2 aliphatic carbocycles. The summed E-state index contributed by atoms with van der Waals surface area (Å²) in [7, 11) is 0. The molecule has 21 heavy (non-hydrogen) atoms. The van der Waals surface area contributed by atoms with Gasteiger partial charge in [-0.1, -0.05) is 6.07 Å². The number of aliphatic carboxylic acids is 1. The third-order valence-electron chi connectivity index (χ3n) is 4.29. The molecule has 0 radical (unpaired) electrons. The molecule has 0 spiro atoms. The maximum atomic E-state index is 12.1. The van der Waals surface area contributed by atoms with Crippen molar-refractivity contribution in [3.63, 3.8) is 0 Å². The molecule has 0 bridgehead atoms. The number of carbonyl (C=O) groups is 2. The van der Waals surface area contributed by atoms with E-state index in [0.29, 0.717) is 18.5 Å². The SMILES string of the molecule is O=C(O)C1(C(=O)Nc2cccc(OC3CCCC3)c2)CC1. The lowest BCUT2D eigenvalue weighted by Gasteiger charge is -2.15. The van der Waals surface area contributed by atoms with Crippen molar-refractivity contribution in [1.29, 1.82) is 0 Å². The third kappa shape index (κ3) is 2.86. The molecule has 0 aliphatic heterocycles. The van der Waals surface area contributed by atoms with Crippen molar-refractivity contribution < 1.29 is 19.4 Å². The Kier molecular flexibility index (Phi) is 3.57. The average molecular weight is 289 g/mol. The molecule has 3 rings (SSSR count). The summed E-state index contributed by atoms with van der Waals surface area (Å²) in [6.07, 6.45) is 5.60. The van der Waals surface area contributed by atoms with E-state index in [2.05, 4.69) is 5.32 Å². The maximum absolute atomic E-state index is 12.1. The molecule has 1 aromatic rings. The second-order valence-corrected chi connectivity index (χ2v) is 5.89. The van der Waals surface area contributed by atoms with Crippen LogP contribution >= 0.6 is 0 Å². The fraction of sp³-hybridized carbons (Fsp3) is 0.500. The van der Waals surface area contributed by atoms with E-state index >= 15 is 0 Å². The molecule has 112 valence electrons. The molecule has 0 atom stereocenters. The second-order valence-electron chi connectivity index (χ2n) is 5.89. The van der Waals surface area contributed by atoms with E-state index < -0.39 is 17.3 Å². The second kappa shape index (κ2) is 5.39. The van der Waals surface area contributed by atoms with Gasteiger partial charge in [-0.25, -0.2) is 0 Å². The highest BCUT2D eigenvalue weighted by Crippen LogP contribution is 2.46. The molecule has 0 unspecified atom stereocenters. The minimum absolute atomic E-state index is 0.254. The number of benzene rings is 1. The first kappa shape index (κ1) is 13.9. The zero-order valence-corrected chi connectivity index (χ0v) is 11.8. The lowest BCUT2D eigenvalue weighted by atomic mass is 10.1. The number of rotatable bonds is 5. The van der Waals surface area contributed by atoms with E-state index in [1.165, 1.54) is 12.8 Å². The van der Waals surface area contributed by atoms with Crippen molar-refractivity contribution in [2.75, 3.05) is 5.32 Å². The van der Waals surface area contributed by atoms with Gasteiger partial charge in [0.05, 0.1) is 6.10 Å². The summed E-state index contributed by atoms with van der Waals surface area (Å²) in [4.78, 5) is 23.2. The van der Waals surface area contributed by atoms with Gasteiger partial charge in [0, 0.05) is 11.8 Å². The van der Waals surface area contributed by atoms with Gasteiger partial charge >= 0.3 is 5.97 Å². The Balaban J connectivity index is 1.65. The Morgan fingerprint density at radius 2 is 1.95 bits per heavy atom. The number of carboxylic acids is 1. The summed E-state index contributed by atoms with van der Waals surface area (Å²) >= 11 is 0. The molecule has 0 saturated heterocycles. The highest BCUT2D eigenvalue weighted by molar-refractivity contribution is 6.10. The summed E-state index contributed by atoms with van der Waals surface area (Å²) in [6, 6.07) is 7.17. The number of carbonyl (C=O) groups excluding carboxylic acids is 1. The smallest absolute Gasteiger partial charge is 0.319 e. The van der Waals surface area contributed by atoms with E-state index in [9.17, 15) is 9.59 Å². The quantitative estimate of drug-likeness (QED) is 0.817. The lowest BCUT2D eigenvalue weighted by Crippen LogP contribution is -2.31. The first-order valence-corrected chi connectivity index (χ1v) is 7.42. The predicted molar refractivity (Wildman–Crippen MR) is 77.3 cm³/mol. The standard InChI is InChI=1S/C16H19NO4/c18-14(16(8-9-16)15(19)20)17-11-4-3-7-13(10-11)21-12-5-1-2-6-12/h3-4,7,10,12H,1-2,5-6,8-9H2,(H,17,18)(H,19,20). The number of anilines is 1. The van der Waals surface area contributed by atoms with Crippen molar-refractivity contribution >= 4 is 17.6 Å². The number of ether oxygens (including phenoxy) is 1. The van der Waals surface area contributed by atoms with Crippen LogP contribution in [0.3, 0.4) is 0 Å². The van der Waals surface area contributed by atoms with Gasteiger partial charge in [-0.05, 0) is 50.7 Å². The minimum Gasteiger partial charge on any atom is -0.490 e. The van der Waals surface area contributed by atoms with Crippen LogP contribution in [-0.4, -0.2) is 23.1 Å². The van der Waals surface area contributed by atoms with Crippen LogP contribution in [0.25, 0.3) is 0 Å². The van der Waals surface area contributed by atoms with Crippen molar-refractivity contribution in [3.8, 4) is 5.75 Å². The van der Waals surface area contributed by atoms with Crippen LogP contribution in [0.2, 0.25) is 0 Å². The molecular formula is C16H19NO4. The number of carboxylic acid groups (broad SMARTS) is 1. The summed E-state index contributed by atoms with van der Waals surface area (Å²) in [5.74, 6) is -0.758. The lowest BCUT2D eigenvalue weighted by molar-refractivity contribution is -0.147. The molecule has 0 aromatic heterocycles. The van der Waals surface area contributed by atoms with Crippen molar-refractivity contribution in [2.24, 2.45) is 5.41 Å². The van der Waals surface area contributed by atoms with Gasteiger partial charge in [-0.2, -0.15) is 0 Å². The first-order chi connectivity index (χ1) is 10.1. The summed E-state index contributed by atoms with van der Waals surface area (Å²) in [5.41, 5.74) is -0.634. The zero-order chi connectivity index (χ0) is 14.9. The Morgan fingerprint density at radius 3 is 2.57 bits per heavy atom. The van der Waals surface area contributed by atoms with Gasteiger partial charge in [0.1, 0.15) is 11.2 Å². The Morgan fingerprint density at radius 1 is 1.24 bits per heavy atom. The fourth-order valence-electron chi connectivity index (χ4n) is 2.76. The van der Waals surface area contributed by atoms with E-state index in [1.807, 2.05) is 6.07 Å². The van der Waals surface area contributed by atoms with Crippen LogP contribution in [0.5, 0.6) is 5.75 Å². The molecule has 1 aromatic carbocycles. The monoisotopic (exact) mass is 289 g/mol. The minimum atomic E-state index is -1.22. The van der Waals surface area contributed by atoms with Crippen LogP contribution < -0.4 is 10.1 Å². The maximum Gasteiger partial charge on any atom is 0.319 e. The molecule has 1 amide bonds. The van der Waals surface area contributed by atoms with Gasteiger partial charge in [-0.15, -0.1) is 0 Å².